The Bertz CT molecular complexity index is 833. The summed E-state index contributed by atoms with van der Waals surface area (Å²) in [6, 6.07) is 14.9. The molecular weight excluding hydrogens is 354 g/mol. The Morgan fingerprint density at radius 1 is 1.07 bits per heavy atom. The number of carboxylic acids is 1. The molecule has 1 aliphatic carbocycles. The Hall–Kier alpha value is -2.86. The van der Waals surface area contributed by atoms with Gasteiger partial charge >= 0.3 is 12.0 Å². The van der Waals surface area contributed by atoms with Crippen molar-refractivity contribution in [2.24, 2.45) is 0 Å². The first kappa shape index (κ1) is 19.9. The van der Waals surface area contributed by atoms with E-state index >= 15 is 0 Å². The van der Waals surface area contributed by atoms with Gasteiger partial charge < -0.3 is 20.2 Å². The standard InChI is InChI=1S/C22H27N3O3/c1-24(2)13-14-25(15-16-7-9-18(10-8-16)21(26)27)22(28)23-20-12-11-17-5-3-4-6-19(17)20/h3-10,20H,11-15H2,1-2H3,(H,23,28)(H,26,27). The largest absolute Gasteiger partial charge is 0.478 e. The maximum atomic E-state index is 13.0. The number of hydrogen-bond donors (Lipinski definition) is 2. The molecule has 0 spiro atoms. The van der Waals surface area contributed by atoms with Gasteiger partial charge in [0.15, 0.2) is 0 Å². The number of aromatic carboxylic acids is 1. The van der Waals surface area contributed by atoms with Crippen molar-refractivity contribution in [3.63, 3.8) is 0 Å². The number of carboxylic acid groups (broad SMARTS) is 1. The minimum atomic E-state index is -0.950. The van der Waals surface area contributed by atoms with Crippen LogP contribution in [0.15, 0.2) is 48.5 Å². The summed E-state index contributed by atoms with van der Waals surface area (Å²) in [5.41, 5.74) is 3.66. The van der Waals surface area contributed by atoms with E-state index in [0.717, 1.165) is 24.9 Å². The van der Waals surface area contributed by atoms with Crippen LogP contribution in [0.5, 0.6) is 0 Å². The summed E-state index contributed by atoms with van der Waals surface area (Å²) < 4.78 is 0. The Morgan fingerprint density at radius 2 is 1.79 bits per heavy atom. The smallest absolute Gasteiger partial charge is 0.335 e. The lowest BCUT2D eigenvalue weighted by Gasteiger charge is -2.27. The fourth-order valence-electron chi connectivity index (χ4n) is 3.49. The molecule has 0 bridgehead atoms. The van der Waals surface area contributed by atoms with Crippen LogP contribution >= 0.6 is 0 Å². The number of likely N-dealkylation sites (N-methyl/N-ethyl adjacent to an activating group) is 1. The molecule has 0 fully saturated rings. The molecule has 0 aliphatic heterocycles. The zero-order chi connectivity index (χ0) is 20.1. The van der Waals surface area contributed by atoms with Crippen LogP contribution in [0.3, 0.4) is 0 Å². The van der Waals surface area contributed by atoms with Gasteiger partial charge in [-0.05, 0) is 55.8 Å². The number of fused-ring (bicyclic) bond motifs is 1. The first-order valence-electron chi connectivity index (χ1n) is 9.54. The SMILES string of the molecule is CN(C)CCN(Cc1ccc(C(=O)O)cc1)C(=O)NC1CCc2ccccc21. The lowest BCUT2D eigenvalue weighted by molar-refractivity contribution is 0.0696. The van der Waals surface area contributed by atoms with Crippen LogP contribution in [0.1, 0.15) is 39.5 Å². The first-order valence-corrected chi connectivity index (χ1v) is 9.54. The minimum Gasteiger partial charge on any atom is -0.478 e. The monoisotopic (exact) mass is 381 g/mol. The van der Waals surface area contributed by atoms with Gasteiger partial charge in [-0.3, -0.25) is 0 Å². The van der Waals surface area contributed by atoms with E-state index < -0.39 is 5.97 Å². The van der Waals surface area contributed by atoms with E-state index in [2.05, 4.69) is 17.4 Å². The predicted octanol–water partition coefficient (Wildman–Crippen LogP) is 3.15. The molecule has 0 aromatic heterocycles. The number of carbonyl (C=O) groups is 2. The fourth-order valence-corrected chi connectivity index (χ4v) is 3.49. The van der Waals surface area contributed by atoms with Gasteiger partial charge in [-0.25, -0.2) is 9.59 Å². The van der Waals surface area contributed by atoms with E-state index in [-0.39, 0.29) is 17.6 Å². The van der Waals surface area contributed by atoms with Crippen molar-refractivity contribution in [1.29, 1.82) is 0 Å². The van der Waals surface area contributed by atoms with E-state index in [0.29, 0.717) is 13.1 Å². The highest BCUT2D eigenvalue weighted by molar-refractivity contribution is 5.87. The molecule has 2 aromatic rings. The molecule has 0 heterocycles. The molecule has 2 amide bonds. The normalized spacial score (nSPS) is 15.3. The quantitative estimate of drug-likeness (QED) is 0.773. The van der Waals surface area contributed by atoms with Crippen LogP contribution in [-0.4, -0.2) is 54.1 Å². The van der Waals surface area contributed by atoms with Crippen LogP contribution < -0.4 is 5.32 Å². The number of amides is 2. The zero-order valence-electron chi connectivity index (χ0n) is 16.4. The number of hydrogen-bond acceptors (Lipinski definition) is 3. The van der Waals surface area contributed by atoms with E-state index in [4.69, 9.17) is 5.11 Å². The highest BCUT2D eigenvalue weighted by Gasteiger charge is 2.25. The van der Waals surface area contributed by atoms with Crippen molar-refractivity contribution in [3.8, 4) is 0 Å². The fraction of sp³-hybridized carbons (Fsp3) is 0.364. The minimum absolute atomic E-state index is 0.0416. The third-order valence-electron chi connectivity index (χ3n) is 5.11. The molecule has 148 valence electrons. The van der Waals surface area contributed by atoms with Gasteiger partial charge in [0, 0.05) is 19.6 Å². The van der Waals surface area contributed by atoms with Crippen molar-refractivity contribution in [3.05, 3.63) is 70.8 Å². The Kier molecular flexibility index (Phi) is 6.31. The average molecular weight is 381 g/mol. The number of aryl methyl sites for hydroxylation is 1. The maximum Gasteiger partial charge on any atom is 0.335 e. The van der Waals surface area contributed by atoms with Crippen molar-refractivity contribution in [1.82, 2.24) is 15.1 Å². The number of urea groups is 1. The van der Waals surface area contributed by atoms with Crippen LogP contribution in [0.4, 0.5) is 4.79 Å². The summed E-state index contributed by atoms with van der Waals surface area (Å²) in [6.45, 7) is 1.78. The van der Waals surface area contributed by atoms with Gasteiger partial charge in [-0.1, -0.05) is 36.4 Å². The summed E-state index contributed by atoms with van der Waals surface area (Å²) in [5.74, 6) is -0.950. The van der Waals surface area contributed by atoms with Gasteiger partial charge in [0.2, 0.25) is 0 Å². The molecule has 6 heteroatoms. The molecule has 2 N–H and O–H groups in total. The summed E-state index contributed by atoms with van der Waals surface area (Å²) >= 11 is 0. The van der Waals surface area contributed by atoms with Crippen molar-refractivity contribution in [2.45, 2.75) is 25.4 Å². The number of nitrogens with one attached hydrogen (secondary N) is 1. The van der Waals surface area contributed by atoms with Crippen LogP contribution in [-0.2, 0) is 13.0 Å². The highest BCUT2D eigenvalue weighted by atomic mass is 16.4. The Labute approximate surface area is 165 Å². The summed E-state index contributed by atoms with van der Waals surface area (Å²) in [4.78, 5) is 27.9. The second-order valence-electron chi connectivity index (χ2n) is 7.47. The van der Waals surface area contributed by atoms with Crippen molar-refractivity contribution >= 4 is 12.0 Å². The maximum absolute atomic E-state index is 13.0. The third kappa shape index (κ3) is 4.89. The van der Waals surface area contributed by atoms with Crippen molar-refractivity contribution < 1.29 is 14.7 Å². The predicted molar refractivity (Wildman–Crippen MR) is 108 cm³/mol. The van der Waals surface area contributed by atoms with Crippen LogP contribution in [0, 0.1) is 0 Å². The Morgan fingerprint density at radius 3 is 2.46 bits per heavy atom. The second-order valence-corrected chi connectivity index (χ2v) is 7.47. The molecule has 0 saturated carbocycles. The van der Waals surface area contributed by atoms with Crippen LogP contribution in [0.2, 0.25) is 0 Å². The molecule has 28 heavy (non-hydrogen) atoms. The third-order valence-corrected chi connectivity index (χ3v) is 5.11. The van der Waals surface area contributed by atoms with E-state index in [9.17, 15) is 9.59 Å². The highest BCUT2D eigenvalue weighted by Crippen LogP contribution is 2.30. The first-order chi connectivity index (χ1) is 13.4. The number of rotatable bonds is 7. The summed E-state index contributed by atoms with van der Waals surface area (Å²) in [7, 11) is 3.95. The van der Waals surface area contributed by atoms with Gasteiger partial charge in [0.05, 0.1) is 11.6 Å². The number of benzene rings is 2. The van der Waals surface area contributed by atoms with Gasteiger partial charge in [-0.2, -0.15) is 0 Å². The molecule has 2 aromatic carbocycles. The number of carbonyl (C=O) groups excluding carboxylic acids is 1. The van der Waals surface area contributed by atoms with Gasteiger partial charge in [0.25, 0.3) is 0 Å². The van der Waals surface area contributed by atoms with Crippen molar-refractivity contribution in [2.75, 3.05) is 27.2 Å². The molecular formula is C22H27N3O3. The second kappa shape index (κ2) is 8.89. The molecule has 1 aliphatic rings. The molecule has 0 saturated heterocycles. The van der Waals surface area contributed by atoms with Gasteiger partial charge in [-0.15, -0.1) is 0 Å². The molecule has 3 rings (SSSR count). The Balaban J connectivity index is 1.70. The lowest BCUT2D eigenvalue weighted by Crippen LogP contribution is -2.43. The molecule has 6 nitrogen and oxygen atoms in total. The molecule has 0 radical (unpaired) electrons. The van der Waals surface area contributed by atoms with E-state index in [1.165, 1.54) is 11.1 Å². The van der Waals surface area contributed by atoms with Gasteiger partial charge in [0.1, 0.15) is 0 Å². The van der Waals surface area contributed by atoms with E-state index in [1.54, 1.807) is 29.2 Å². The van der Waals surface area contributed by atoms with Crippen LogP contribution in [0.25, 0.3) is 0 Å². The molecule has 1 unspecified atom stereocenters. The summed E-state index contributed by atoms with van der Waals surface area (Å²) in [5, 5.41) is 12.2. The molecule has 1 atom stereocenters. The van der Waals surface area contributed by atoms with E-state index in [1.807, 2.05) is 31.1 Å². The zero-order valence-corrected chi connectivity index (χ0v) is 16.4. The lowest BCUT2D eigenvalue weighted by atomic mass is 10.1. The summed E-state index contributed by atoms with van der Waals surface area (Å²) in [6.07, 6.45) is 1.90. The average Bonchev–Trinajstić information content (AvgIpc) is 3.08. The number of nitrogens with zero attached hydrogens (tertiary/aromatic N) is 2. The topological polar surface area (TPSA) is 72.9 Å².